The predicted octanol–water partition coefficient (Wildman–Crippen LogP) is 3.86. The number of nitrogens with zero attached hydrogens (tertiary/aromatic N) is 3. The Morgan fingerprint density at radius 2 is 1.65 bits per heavy atom. The van der Waals surface area contributed by atoms with E-state index in [-0.39, 0.29) is 0 Å². The Morgan fingerprint density at radius 1 is 0.900 bits per heavy atom. The molecule has 3 aromatic rings. The highest BCUT2D eigenvalue weighted by Gasteiger charge is 2.11. The molecule has 0 radical (unpaired) electrons. The first-order chi connectivity index (χ1) is 9.65. The standard InChI is InChI=1S/C17H17N3/c1-12-9-10-13(2)16(11-12)20-14(3)18-17(19-20)15-7-5-4-6-8-15/h4-11H,1-3H3. The lowest BCUT2D eigenvalue weighted by molar-refractivity contribution is 0.834. The molecule has 0 aliphatic heterocycles. The van der Waals surface area contributed by atoms with Gasteiger partial charge in [0.1, 0.15) is 5.82 Å². The summed E-state index contributed by atoms with van der Waals surface area (Å²) in [6, 6.07) is 16.4. The predicted molar refractivity (Wildman–Crippen MR) is 81.0 cm³/mol. The van der Waals surface area contributed by atoms with Crippen molar-refractivity contribution >= 4 is 0 Å². The molecule has 1 aromatic heterocycles. The van der Waals surface area contributed by atoms with Crippen molar-refractivity contribution < 1.29 is 0 Å². The number of benzene rings is 2. The molecule has 0 fully saturated rings. The molecule has 0 aliphatic carbocycles. The molecule has 0 saturated carbocycles. The smallest absolute Gasteiger partial charge is 0.181 e. The minimum Gasteiger partial charge on any atom is -0.217 e. The molecule has 2 aromatic carbocycles. The lowest BCUT2D eigenvalue weighted by Crippen LogP contribution is -2.02. The maximum Gasteiger partial charge on any atom is 0.181 e. The third-order valence-corrected chi connectivity index (χ3v) is 3.39. The largest absolute Gasteiger partial charge is 0.217 e. The second kappa shape index (κ2) is 4.93. The lowest BCUT2D eigenvalue weighted by atomic mass is 10.1. The molecule has 0 bridgehead atoms. The van der Waals surface area contributed by atoms with Gasteiger partial charge in [-0.25, -0.2) is 9.67 Å². The molecular weight excluding hydrogens is 246 g/mol. The first-order valence-corrected chi connectivity index (χ1v) is 6.72. The average molecular weight is 263 g/mol. The highest BCUT2D eigenvalue weighted by Crippen LogP contribution is 2.20. The Morgan fingerprint density at radius 3 is 2.40 bits per heavy atom. The van der Waals surface area contributed by atoms with Crippen LogP contribution in [0.25, 0.3) is 17.1 Å². The molecule has 3 rings (SSSR count). The van der Waals surface area contributed by atoms with E-state index in [1.54, 1.807) is 0 Å². The second-order valence-corrected chi connectivity index (χ2v) is 5.05. The Bertz CT molecular complexity index is 742. The summed E-state index contributed by atoms with van der Waals surface area (Å²) in [5, 5.41) is 4.66. The maximum absolute atomic E-state index is 4.66. The highest BCUT2D eigenvalue weighted by molar-refractivity contribution is 5.55. The van der Waals surface area contributed by atoms with Gasteiger partial charge in [-0.3, -0.25) is 0 Å². The van der Waals surface area contributed by atoms with Crippen LogP contribution in [0.4, 0.5) is 0 Å². The summed E-state index contributed by atoms with van der Waals surface area (Å²) in [6.45, 7) is 6.17. The minimum atomic E-state index is 0.768. The van der Waals surface area contributed by atoms with Gasteiger partial charge in [0.2, 0.25) is 0 Å². The average Bonchev–Trinajstić information content (AvgIpc) is 2.84. The van der Waals surface area contributed by atoms with Crippen LogP contribution in [0.2, 0.25) is 0 Å². The summed E-state index contributed by atoms with van der Waals surface area (Å²) in [5.74, 6) is 1.67. The SMILES string of the molecule is Cc1ccc(C)c(-n2nc(-c3ccccc3)nc2C)c1. The Labute approximate surface area is 118 Å². The van der Waals surface area contributed by atoms with E-state index in [9.17, 15) is 0 Å². The molecule has 0 saturated heterocycles. The molecular formula is C17H17N3. The molecule has 0 atom stereocenters. The summed E-state index contributed by atoms with van der Waals surface area (Å²) in [6.07, 6.45) is 0. The summed E-state index contributed by atoms with van der Waals surface area (Å²) < 4.78 is 1.92. The zero-order valence-electron chi connectivity index (χ0n) is 12.0. The normalized spacial score (nSPS) is 10.8. The lowest BCUT2D eigenvalue weighted by Gasteiger charge is -2.07. The number of aromatic nitrogens is 3. The molecule has 100 valence electrons. The van der Waals surface area contributed by atoms with E-state index < -0.39 is 0 Å². The van der Waals surface area contributed by atoms with Crippen LogP contribution >= 0.6 is 0 Å². The maximum atomic E-state index is 4.66. The minimum absolute atomic E-state index is 0.768. The van der Waals surface area contributed by atoms with Crippen molar-refractivity contribution in [1.29, 1.82) is 0 Å². The van der Waals surface area contributed by atoms with E-state index in [4.69, 9.17) is 0 Å². The molecule has 0 N–H and O–H groups in total. The molecule has 3 nitrogen and oxygen atoms in total. The number of hydrogen-bond donors (Lipinski definition) is 0. The fraction of sp³-hybridized carbons (Fsp3) is 0.176. The summed E-state index contributed by atoms with van der Waals surface area (Å²) >= 11 is 0. The molecule has 3 heteroatoms. The van der Waals surface area contributed by atoms with E-state index >= 15 is 0 Å². The summed E-state index contributed by atoms with van der Waals surface area (Å²) in [7, 11) is 0. The molecule has 0 aliphatic rings. The molecule has 0 unspecified atom stereocenters. The molecule has 0 amide bonds. The zero-order valence-corrected chi connectivity index (χ0v) is 12.0. The van der Waals surface area contributed by atoms with Gasteiger partial charge in [-0.15, -0.1) is 5.10 Å². The fourth-order valence-corrected chi connectivity index (χ4v) is 2.28. The second-order valence-electron chi connectivity index (χ2n) is 5.05. The van der Waals surface area contributed by atoms with Crippen molar-refractivity contribution in [3.63, 3.8) is 0 Å². The Balaban J connectivity index is 2.12. The van der Waals surface area contributed by atoms with Gasteiger partial charge in [-0.2, -0.15) is 0 Å². The molecule has 1 heterocycles. The fourth-order valence-electron chi connectivity index (χ4n) is 2.28. The number of hydrogen-bond acceptors (Lipinski definition) is 2. The van der Waals surface area contributed by atoms with Crippen LogP contribution in [0.1, 0.15) is 17.0 Å². The van der Waals surface area contributed by atoms with Gasteiger partial charge >= 0.3 is 0 Å². The van der Waals surface area contributed by atoms with Crippen LogP contribution in [0.5, 0.6) is 0 Å². The van der Waals surface area contributed by atoms with Gasteiger partial charge in [0.05, 0.1) is 5.69 Å². The van der Waals surface area contributed by atoms with Gasteiger partial charge in [-0.05, 0) is 38.0 Å². The van der Waals surface area contributed by atoms with Gasteiger partial charge in [-0.1, -0.05) is 42.5 Å². The van der Waals surface area contributed by atoms with Crippen LogP contribution in [0, 0.1) is 20.8 Å². The monoisotopic (exact) mass is 263 g/mol. The van der Waals surface area contributed by atoms with Crippen molar-refractivity contribution in [3.8, 4) is 17.1 Å². The van der Waals surface area contributed by atoms with Crippen molar-refractivity contribution in [2.75, 3.05) is 0 Å². The van der Waals surface area contributed by atoms with Crippen LogP contribution < -0.4 is 0 Å². The van der Waals surface area contributed by atoms with E-state index in [0.717, 1.165) is 22.9 Å². The quantitative estimate of drug-likeness (QED) is 0.703. The van der Waals surface area contributed by atoms with E-state index in [1.165, 1.54) is 11.1 Å². The van der Waals surface area contributed by atoms with Crippen LogP contribution in [0.3, 0.4) is 0 Å². The molecule has 20 heavy (non-hydrogen) atoms. The van der Waals surface area contributed by atoms with Crippen LogP contribution in [-0.4, -0.2) is 14.8 Å². The highest BCUT2D eigenvalue weighted by atomic mass is 15.3. The van der Waals surface area contributed by atoms with Gasteiger partial charge in [0.25, 0.3) is 0 Å². The molecule has 0 spiro atoms. The third kappa shape index (κ3) is 2.23. The van der Waals surface area contributed by atoms with Crippen molar-refractivity contribution in [2.24, 2.45) is 0 Å². The Kier molecular flexibility index (Phi) is 3.11. The summed E-state index contributed by atoms with van der Waals surface area (Å²) in [5.41, 5.74) is 4.56. The topological polar surface area (TPSA) is 30.7 Å². The van der Waals surface area contributed by atoms with Gasteiger partial charge < -0.3 is 0 Å². The first kappa shape index (κ1) is 12.6. The van der Waals surface area contributed by atoms with Crippen molar-refractivity contribution in [2.45, 2.75) is 20.8 Å². The van der Waals surface area contributed by atoms with Crippen LogP contribution in [0.15, 0.2) is 48.5 Å². The van der Waals surface area contributed by atoms with E-state index in [0.29, 0.717) is 0 Å². The van der Waals surface area contributed by atoms with Crippen LogP contribution in [-0.2, 0) is 0 Å². The first-order valence-electron chi connectivity index (χ1n) is 6.72. The van der Waals surface area contributed by atoms with Gasteiger partial charge in [0, 0.05) is 5.56 Å². The van der Waals surface area contributed by atoms with Crippen molar-refractivity contribution in [3.05, 3.63) is 65.5 Å². The third-order valence-electron chi connectivity index (χ3n) is 3.39. The number of rotatable bonds is 2. The zero-order chi connectivity index (χ0) is 14.1. The number of aryl methyl sites for hydroxylation is 3. The van der Waals surface area contributed by atoms with E-state index in [1.807, 2.05) is 41.9 Å². The van der Waals surface area contributed by atoms with Crippen molar-refractivity contribution in [1.82, 2.24) is 14.8 Å². The van der Waals surface area contributed by atoms with E-state index in [2.05, 4.69) is 42.1 Å². The summed E-state index contributed by atoms with van der Waals surface area (Å²) in [4.78, 5) is 4.58. The van der Waals surface area contributed by atoms with Gasteiger partial charge in [0.15, 0.2) is 5.82 Å². The Hall–Kier alpha value is -2.42.